The van der Waals surface area contributed by atoms with E-state index in [1.54, 1.807) is 21.1 Å². The van der Waals surface area contributed by atoms with Gasteiger partial charge in [0.2, 0.25) is 0 Å². The topological polar surface area (TPSA) is 216 Å². The Bertz CT molecular complexity index is 920. The number of likely N-dealkylation sites (N-methyl/N-ethyl adjacent to an activating group) is 1. The molecule has 2 heterocycles. The molecule has 0 radical (unpaired) electrons. The molecule has 31 heavy (non-hydrogen) atoms. The van der Waals surface area contributed by atoms with E-state index < -0.39 is 52.5 Å². The molecule has 15 nitrogen and oxygen atoms in total. The number of anilines is 1. The molecule has 1 fully saturated rings. The summed E-state index contributed by atoms with van der Waals surface area (Å²) in [4.78, 5) is 36.7. The van der Waals surface area contributed by atoms with E-state index in [0.29, 0.717) is 4.48 Å². The number of ether oxygens (including phenoxy) is 1. The van der Waals surface area contributed by atoms with E-state index >= 15 is 0 Å². The zero-order valence-electron chi connectivity index (χ0n) is 17.0. The number of nitrogens with two attached hydrogens (primary N) is 1. The van der Waals surface area contributed by atoms with Crippen LogP contribution >= 0.6 is 15.6 Å². The molecule has 1 aromatic heterocycles. The number of aromatic nitrogens is 2. The van der Waals surface area contributed by atoms with E-state index in [1.165, 1.54) is 12.3 Å². The number of hydrogen-bond donors (Lipinski definition) is 4. The molecular formula is C14H26N4O11P2. The molecule has 0 aliphatic carbocycles. The predicted molar refractivity (Wildman–Crippen MR) is 102 cm³/mol. The lowest BCUT2D eigenvalue weighted by Crippen LogP contribution is -2.37. The van der Waals surface area contributed by atoms with Crippen LogP contribution in [-0.2, 0) is 27.2 Å². The van der Waals surface area contributed by atoms with Gasteiger partial charge in [-0.25, -0.2) is 13.7 Å². The van der Waals surface area contributed by atoms with Gasteiger partial charge in [0, 0.05) is 6.20 Å². The molecule has 1 aliphatic heterocycles. The number of nitrogens with zero attached hydrogens (tertiary/aromatic N) is 3. The number of hydrogen-bond acceptors (Lipinski definition) is 12. The monoisotopic (exact) mass is 488 g/mol. The molecule has 2 rings (SSSR count). The lowest BCUT2D eigenvalue weighted by Gasteiger charge is -2.28. The van der Waals surface area contributed by atoms with Gasteiger partial charge in [-0.15, -0.1) is 0 Å². The highest BCUT2D eigenvalue weighted by Crippen LogP contribution is 2.58. The second-order valence-corrected chi connectivity index (χ2v) is 10.7. The second-order valence-electron chi connectivity index (χ2n) is 7.73. The highest BCUT2D eigenvalue weighted by molar-refractivity contribution is 7.60. The Labute approximate surface area is 177 Å². The molecule has 6 atom stereocenters. The van der Waals surface area contributed by atoms with Gasteiger partial charge in [-0.05, 0) is 6.07 Å². The number of phosphoric ester groups is 2. The molecular weight excluding hydrogens is 462 g/mol. The van der Waals surface area contributed by atoms with E-state index in [9.17, 15) is 33.9 Å². The normalized spacial score (nSPS) is 28.2. The van der Waals surface area contributed by atoms with Crippen LogP contribution in [0.3, 0.4) is 0 Å². The van der Waals surface area contributed by atoms with Crippen molar-refractivity contribution in [3.63, 3.8) is 0 Å². The van der Waals surface area contributed by atoms with Crippen LogP contribution < -0.4 is 16.3 Å². The van der Waals surface area contributed by atoms with Crippen molar-refractivity contribution in [2.45, 2.75) is 24.5 Å². The van der Waals surface area contributed by atoms with E-state index in [4.69, 9.17) is 10.5 Å². The SMILES string of the molecule is C[N+](C)(C)CCOP(=O)([O-])OP(=O)(O)OC[C@H]1O[C@H](n2ccc(N)nc2=O)[C@H](O)[C@@H]1O. The first-order valence-electron chi connectivity index (χ1n) is 8.91. The quantitative estimate of drug-likeness (QED) is 0.203. The minimum atomic E-state index is -5.18. The first-order valence-corrected chi connectivity index (χ1v) is 11.9. The van der Waals surface area contributed by atoms with Crippen LogP contribution in [-0.4, -0.2) is 88.4 Å². The summed E-state index contributed by atoms with van der Waals surface area (Å²) in [5.41, 5.74) is 4.52. The standard InChI is InChI=1S/C14H26N4O11P2/c1-18(2,3)6-7-26-30(22,23)29-31(24,25)27-8-9-11(19)12(20)13(28-9)17-5-4-10(15)16-14(17)21/h4-5,9,11-13,19-20H,6-8H2,1-3H3,(H3-,15,16,21,22,23,24,25)/t9-,11-,12-,13+/m1/s1. The Kier molecular flexibility index (Phi) is 8.17. The van der Waals surface area contributed by atoms with Crippen molar-refractivity contribution in [2.24, 2.45) is 0 Å². The van der Waals surface area contributed by atoms with Gasteiger partial charge in [0.05, 0.1) is 27.7 Å². The van der Waals surface area contributed by atoms with Crippen LogP contribution in [0.4, 0.5) is 5.82 Å². The van der Waals surface area contributed by atoms with Gasteiger partial charge in [0.15, 0.2) is 6.23 Å². The number of quaternary nitrogens is 1. The largest absolute Gasteiger partial charge is 0.756 e. The van der Waals surface area contributed by atoms with Crippen LogP contribution in [0.5, 0.6) is 0 Å². The van der Waals surface area contributed by atoms with Gasteiger partial charge >= 0.3 is 13.5 Å². The van der Waals surface area contributed by atoms with Crippen molar-refractivity contribution in [3.05, 3.63) is 22.7 Å². The number of nitrogen functional groups attached to an aromatic ring is 1. The summed E-state index contributed by atoms with van der Waals surface area (Å²) in [6, 6.07) is 1.26. The van der Waals surface area contributed by atoms with E-state index in [0.717, 1.165) is 4.57 Å². The van der Waals surface area contributed by atoms with Crippen molar-refractivity contribution in [3.8, 4) is 0 Å². The van der Waals surface area contributed by atoms with Crippen molar-refractivity contribution in [1.82, 2.24) is 9.55 Å². The molecule has 0 spiro atoms. The lowest BCUT2D eigenvalue weighted by molar-refractivity contribution is -0.870. The van der Waals surface area contributed by atoms with Crippen LogP contribution in [0.1, 0.15) is 6.23 Å². The summed E-state index contributed by atoms with van der Waals surface area (Å²) in [6.45, 7) is -0.877. The summed E-state index contributed by atoms with van der Waals surface area (Å²) in [7, 11) is -5.01. The van der Waals surface area contributed by atoms with Gasteiger partial charge < -0.3 is 39.5 Å². The number of rotatable bonds is 10. The summed E-state index contributed by atoms with van der Waals surface area (Å²) in [5.74, 6) is -0.0711. The fraction of sp³-hybridized carbons (Fsp3) is 0.714. The second kappa shape index (κ2) is 9.73. The molecule has 0 amide bonds. The lowest BCUT2D eigenvalue weighted by atomic mass is 10.1. The number of aliphatic hydroxyl groups is 2. The molecule has 1 aromatic rings. The predicted octanol–water partition coefficient (Wildman–Crippen LogP) is -2.23. The average molecular weight is 488 g/mol. The Morgan fingerprint density at radius 3 is 2.52 bits per heavy atom. The van der Waals surface area contributed by atoms with Crippen molar-refractivity contribution >= 4 is 21.5 Å². The third-order valence-electron chi connectivity index (χ3n) is 4.08. The molecule has 0 aromatic carbocycles. The summed E-state index contributed by atoms with van der Waals surface area (Å²) in [5, 5.41) is 20.2. The van der Waals surface area contributed by atoms with Crippen LogP contribution in [0, 0.1) is 0 Å². The van der Waals surface area contributed by atoms with Gasteiger partial charge in [-0.1, -0.05) is 0 Å². The number of aliphatic hydroxyl groups excluding tert-OH is 2. The molecule has 0 saturated carbocycles. The molecule has 5 N–H and O–H groups in total. The average Bonchev–Trinajstić information content (AvgIpc) is 2.86. The third kappa shape index (κ3) is 7.70. The maximum atomic E-state index is 12.0. The zero-order valence-corrected chi connectivity index (χ0v) is 18.8. The molecule has 178 valence electrons. The van der Waals surface area contributed by atoms with Gasteiger partial charge in [0.1, 0.15) is 37.3 Å². The molecule has 2 unspecified atom stereocenters. The van der Waals surface area contributed by atoms with Crippen LogP contribution in [0.2, 0.25) is 0 Å². The first-order chi connectivity index (χ1) is 14.1. The highest BCUT2D eigenvalue weighted by atomic mass is 31.3. The molecule has 1 saturated heterocycles. The zero-order chi connectivity index (χ0) is 23.6. The Morgan fingerprint density at radius 2 is 1.94 bits per heavy atom. The Hall–Kier alpha value is -1.22. The maximum absolute atomic E-state index is 12.0. The summed E-state index contributed by atoms with van der Waals surface area (Å²) < 4.78 is 43.4. The maximum Gasteiger partial charge on any atom is 0.478 e. The Balaban J connectivity index is 1.96. The molecule has 17 heteroatoms. The minimum absolute atomic E-state index is 0.0711. The summed E-state index contributed by atoms with van der Waals surface area (Å²) >= 11 is 0. The van der Waals surface area contributed by atoms with E-state index in [2.05, 4.69) is 18.3 Å². The van der Waals surface area contributed by atoms with Crippen LogP contribution in [0.15, 0.2) is 17.1 Å². The van der Waals surface area contributed by atoms with Crippen molar-refractivity contribution in [1.29, 1.82) is 0 Å². The van der Waals surface area contributed by atoms with Crippen molar-refractivity contribution < 1.29 is 51.7 Å². The molecule has 0 bridgehead atoms. The van der Waals surface area contributed by atoms with Gasteiger partial charge in [-0.2, -0.15) is 4.98 Å². The molecule has 1 aliphatic rings. The van der Waals surface area contributed by atoms with Gasteiger partial charge in [-0.3, -0.25) is 13.7 Å². The van der Waals surface area contributed by atoms with E-state index in [-0.39, 0.29) is 19.0 Å². The third-order valence-corrected chi connectivity index (χ3v) is 6.68. The summed E-state index contributed by atoms with van der Waals surface area (Å²) in [6.07, 6.45) is -4.89. The first kappa shape index (κ1) is 26.0. The van der Waals surface area contributed by atoms with E-state index in [1.807, 2.05) is 0 Å². The van der Waals surface area contributed by atoms with Crippen LogP contribution in [0.25, 0.3) is 0 Å². The van der Waals surface area contributed by atoms with Crippen molar-refractivity contribution in [2.75, 3.05) is 46.6 Å². The minimum Gasteiger partial charge on any atom is -0.756 e. The fourth-order valence-corrected chi connectivity index (χ4v) is 4.51. The Morgan fingerprint density at radius 1 is 1.29 bits per heavy atom. The smallest absolute Gasteiger partial charge is 0.478 e. The number of phosphoric acid groups is 2. The highest BCUT2D eigenvalue weighted by Gasteiger charge is 2.45. The van der Waals surface area contributed by atoms with Gasteiger partial charge in [0.25, 0.3) is 7.82 Å². The fourth-order valence-electron chi connectivity index (χ4n) is 2.48.